The summed E-state index contributed by atoms with van der Waals surface area (Å²) in [6.45, 7) is 4.35. The quantitative estimate of drug-likeness (QED) is 0.628. The molecule has 0 spiro atoms. The Kier molecular flexibility index (Phi) is 4.55. The van der Waals surface area contributed by atoms with E-state index < -0.39 is 0 Å². The van der Waals surface area contributed by atoms with Crippen LogP contribution in [0.4, 0.5) is 0 Å². The molecule has 1 aromatic rings. The number of hydrogen-bond donors (Lipinski definition) is 1. The molecule has 88 valence electrons. The maximum atomic E-state index is 4.27. The van der Waals surface area contributed by atoms with Crippen molar-refractivity contribution in [3.8, 4) is 0 Å². The van der Waals surface area contributed by atoms with E-state index in [1.54, 1.807) is 11.3 Å². The summed E-state index contributed by atoms with van der Waals surface area (Å²) in [6, 6.07) is 0. The van der Waals surface area contributed by atoms with Gasteiger partial charge in [0.2, 0.25) is 0 Å². The van der Waals surface area contributed by atoms with E-state index in [4.69, 9.17) is 0 Å². The highest BCUT2D eigenvalue weighted by Gasteiger charge is 2.09. The average Bonchev–Trinajstić information content (AvgIpc) is 2.72. The van der Waals surface area contributed by atoms with Gasteiger partial charge in [0.1, 0.15) is 0 Å². The summed E-state index contributed by atoms with van der Waals surface area (Å²) < 4.78 is 0. The molecule has 0 aliphatic heterocycles. The Morgan fingerprint density at radius 2 is 2.44 bits per heavy atom. The third kappa shape index (κ3) is 3.42. The van der Waals surface area contributed by atoms with Crippen LogP contribution >= 0.6 is 11.3 Å². The summed E-state index contributed by atoms with van der Waals surface area (Å²) in [7, 11) is 0. The summed E-state index contributed by atoms with van der Waals surface area (Å²) in [5.74, 6) is 0.854. The predicted octanol–water partition coefficient (Wildman–Crippen LogP) is 2.94. The van der Waals surface area contributed by atoms with E-state index in [0.29, 0.717) is 0 Å². The number of hydrogen-bond acceptors (Lipinski definition) is 3. The molecule has 0 bridgehead atoms. The summed E-state index contributed by atoms with van der Waals surface area (Å²) in [4.78, 5) is 5.69. The molecule has 0 saturated heterocycles. The van der Waals surface area contributed by atoms with Crippen LogP contribution in [-0.2, 0) is 6.42 Å². The summed E-state index contributed by atoms with van der Waals surface area (Å²) in [5, 5.41) is 3.57. The zero-order chi connectivity index (χ0) is 11.2. The highest BCUT2D eigenvalue weighted by Crippen LogP contribution is 2.17. The normalized spacial score (nSPS) is 20.2. The van der Waals surface area contributed by atoms with Gasteiger partial charge in [-0.3, -0.25) is 0 Å². The molecule has 1 aliphatic rings. The molecule has 1 heterocycles. The second-order valence-electron chi connectivity index (χ2n) is 4.47. The van der Waals surface area contributed by atoms with E-state index in [9.17, 15) is 0 Å². The van der Waals surface area contributed by atoms with Crippen LogP contribution in [0.5, 0.6) is 0 Å². The zero-order valence-electron chi connectivity index (χ0n) is 9.91. The van der Waals surface area contributed by atoms with Gasteiger partial charge in [0.05, 0.1) is 11.2 Å². The van der Waals surface area contributed by atoms with Crippen molar-refractivity contribution in [1.82, 2.24) is 10.3 Å². The number of aryl methyl sites for hydroxylation is 1. The highest BCUT2D eigenvalue weighted by atomic mass is 32.1. The molecular formula is C13H20N2S. The molecule has 1 aromatic heterocycles. The van der Waals surface area contributed by atoms with E-state index in [1.807, 2.05) is 5.51 Å². The Labute approximate surface area is 102 Å². The molecule has 0 fully saturated rings. The maximum Gasteiger partial charge on any atom is 0.0797 e. The lowest BCUT2D eigenvalue weighted by Gasteiger charge is -2.17. The van der Waals surface area contributed by atoms with Crippen molar-refractivity contribution in [3.05, 3.63) is 28.2 Å². The zero-order valence-corrected chi connectivity index (χ0v) is 10.7. The van der Waals surface area contributed by atoms with Crippen molar-refractivity contribution in [2.45, 2.75) is 32.6 Å². The van der Waals surface area contributed by atoms with Crippen LogP contribution in [0.15, 0.2) is 17.7 Å². The van der Waals surface area contributed by atoms with Crippen LogP contribution in [0.3, 0.4) is 0 Å². The van der Waals surface area contributed by atoms with Gasteiger partial charge in [-0.05, 0) is 45.1 Å². The van der Waals surface area contributed by atoms with Crippen LogP contribution in [0.2, 0.25) is 0 Å². The van der Waals surface area contributed by atoms with E-state index in [2.05, 4.69) is 29.4 Å². The van der Waals surface area contributed by atoms with Gasteiger partial charge in [-0.2, -0.15) is 0 Å². The second kappa shape index (κ2) is 6.16. The Morgan fingerprint density at radius 1 is 1.50 bits per heavy atom. The van der Waals surface area contributed by atoms with Gasteiger partial charge >= 0.3 is 0 Å². The van der Waals surface area contributed by atoms with E-state index >= 15 is 0 Å². The van der Waals surface area contributed by atoms with Crippen molar-refractivity contribution < 1.29 is 0 Å². The number of nitrogens with zero attached hydrogens (tertiary/aromatic N) is 1. The molecule has 0 radical (unpaired) electrons. The molecule has 0 saturated carbocycles. The van der Waals surface area contributed by atoms with Crippen molar-refractivity contribution in [2.24, 2.45) is 5.92 Å². The Hall–Kier alpha value is -0.670. The van der Waals surface area contributed by atoms with Crippen LogP contribution in [-0.4, -0.2) is 18.1 Å². The third-order valence-corrected chi connectivity index (χ3v) is 4.18. The van der Waals surface area contributed by atoms with Gasteiger partial charge in [-0.1, -0.05) is 12.2 Å². The first-order valence-corrected chi connectivity index (χ1v) is 6.99. The third-order valence-electron chi connectivity index (χ3n) is 3.18. The second-order valence-corrected chi connectivity index (χ2v) is 5.40. The minimum absolute atomic E-state index is 0.854. The lowest BCUT2D eigenvalue weighted by atomic mass is 9.94. The molecule has 1 N–H and O–H groups in total. The topological polar surface area (TPSA) is 24.9 Å². The monoisotopic (exact) mass is 236 g/mol. The molecule has 2 nitrogen and oxygen atoms in total. The van der Waals surface area contributed by atoms with Gasteiger partial charge < -0.3 is 5.32 Å². The van der Waals surface area contributed by atoms with Crippen LogP contribution in [0.25, 0.3) is 0 Å². The van der Waals surface area contributed by atoms with Crippen molar-refractivity contribution in [3.63, 3.8) is 0 Å². The van der Waals surface area contributed by atoms with Crippen LogP contribution < -0.4 is 5.32 Å². The van der Waals surface area contributed by atoms with Gasteiger partial charge in [0.25, 0.3) is 0 Å². The van der Waals surface area contributed by atoms with E-state index in [0.717, 1.165) is 18.9 Å². The molecule has 1 atom stereocenters. The van der Waals surface area contributed by atoms with Crippen LogP contribution in [0, 0.1) is 12.8 Å². The summed E-state index contributed by atoms with van der Waals surface area (Å²) >= 11 is 1.77. The minimum atomic E-state index is 0.854. The first-order valence-electron chi connectivity index (χ1n) is 6.11. The van der Waals surface area contributed by atoms with Crippen molar-refractivity contribution in [1.29, 1.82) is 0 Å². The van der Waals surface area contributed by atoms with Crippen molar-refractivity contribution >= 4 is 11.3 Å². The largest absolute Gasteiger partial charge is 0.316 e. The number of aromatic nitrogens is 1. The Bertz CT molecular complexity index is 343. The predicted molar refractivity (Wildman–Crippen MR) is 69.9 cm³/mol. The number of rotatable bonds is 5. The van der Waals surface area contributed by atoms with Crippen molar-refractivity contribution in [2.75, 3.05) is 13.1 Å². The fourth-order valence-electron chi connectivity index (χ4n) is 2.12. The van der Waals surface area contributed by atoms with Gasteiger partial charge in [-0.25, -0.2) is 4.98 Å². The summed E-state index contributed by atoms with van der Waals surface area (Å²) in [5.41, 5.74) is 3.14. The van der Waals surface area contributed by atoms with Gasteiger partial charge in [0, 0.05) is 11.4 Å². The fraction of sp³-hybridized carbons (Fsp3) is 0.615. The number of allylic oxidation sites excluding steroid dienone is 2. The number of thiazole rings is 1. The lowest BCUT2D eigenvalue weighted by molar-refractivity contribution is 0.443. The molecule has 0 amide bonds. The first kappa shape index (κ1) is 11.8. The lowest BCUT2D eigenvalue weighted by Crippen LogP contribution is -2.25. The molecule has 3 heteroatoms. The van der Waals surface area contributed by atoms with E-state index in [-0.39, 0.29) is 0 Å². The van der Waals surface area contributed by atoms with Gasteiger partial charge in [-0.15, -0.1) is 11.3 Å². The standard InChI is InChI=1S/C13H20N2S/c1-11-13(16-10-15-11)7-8-14-9-12-5-3-2-4-6-12/h2-3,10,12,14H,4-9H2,1H3. The fourth-order valence-corrected chi connectivity index (χ4v) is 2.90. The van der Waals surface area contributed by atoms with Gasteiger partial charge in [0.15, 0.2) is 0 Å². The molecule has 1 unspecified atom stereocenters. The number of nitrogens with one attached hydrogen (secondary N) is 1. The Balaban J connectivity index is 1.62. The first-order chi connectivity index (χ1) is 7.86. The van der Waals surface area contributed by atoms with Crippen LogP contribution in [0.1, 0.15) is 29.8 Å². The highest BCUT2D eigenvalue weighted by molar-refractivity contribution is 7.09. The molecule has 16 heavy (non-hydrogen) atoms. The SMILES string of the molecule is Cc1ncsc1CCNCC1CC=CCC1. The minimum Gasteiger partial charge on any atom is -0.316 e. The molecule has 2 rings (SSSR count). The molecule has 0 aromatic carbocycles. The smallest absolute Gasteiger partial charge is 0.0797 e. The average molecular weight is 236 g/mol. The van der Waals surface area contributed by atoms with E-state index in [1.165, 1.54) is 36.4 Å². The molecule has 1 aliphatic carbocycles. The molecular weight excluding hydrogens is 216 g/mol. The summed E-state index contributed by atoms with van der Waals surface area (Å²) in [6.07, 6.45) is 9.62. The maximum absolute atomic E-state index is 4.27. The Morgan fingerprint density at radius 3 is 3.12 bits per heavy atom.